The van der Waals surface area contributed by atoms with E-state index in [0.717, 1.165) is 30.3 Å². The molecule has 1 aromatic rings. The Morgan fingerprint density at radius 3 is 2.83 bits per heavy atom. The van der Waals surface area contributed by atoms with Crippen molar-refractivity contribution in [1.82, 2.24) is 5.32 Å². The third-order valence-electron chi connectivity index (χ3n) is 4.05. The van der Waals surface area contributed by atoms with E-state index in [0.29, 0.717) is 0 Å². The van der Waals surface area contributed by atoms with Gasteiger partial charge in [-0.3, -0.25) is 9.69 Å². The summed E-state index contributed by atoms with van der Waals surface area (Å²) in [6, 6.07) is 4.93. The van der Waals surface area contributed by atoms with Crippen molar-refractivity contribution in [3.05, 3.63) is 24.0 Å². The van der Waals surface area contributed by atoms with E-state index in [1.807, 2.05) is 17.8 Å². The summed E-state index contributed by atoms with van der Waals surface area (Å²) in [6.07, 6.45) is -1.06. The number of halogens is 1. The Morgan fingerprint density at radius 2 is 2.17 bits per heavy atom. The van der Waals surface area contributed by atoms with Gasteiger partial charge >= 0.3 is 6.09 Å². The number of hydrogen-bond donors (Lipinski definition) is 1. The maximum absolute atomic E-state index is 14.5. The van der Waals surface area contributed by atoms with Gasteiger partial charge in [0, 0.05) is 37.2 Å². The van der Waals surface area contributed by atoms with E-state index in [2.05, 4.69) is 10.2 Å². The lowest BCUT2D eigenvalue weighted by molar-refractivity contribution is -0.119. The van der Waals surface area contributed by atoms with Crippen molar-refractivity contribution in [3.8, 4) is 0 Å². The van der Waals surface area contributed by atoms with Gasteiger partial charge in [0.25, 0.3) is 0 Å². The first-order valence-corrected chi connectivity index (χ1v) is 9.05. The lowest BCUT2D eigenvalue weighted by Gasteiger charge is -2.29. The van der Waals surface area contributed by atoms with Gasteiger partial charge < -0.3 is 15.0 Å². The number of nitrogens with zero attached hydrogens (tertiary/aromatic N) is 2. The summed E-state index contributed by atoms with van der Waals surface area (Å²) in [5, 5.41) is 2.60. The molecule has 2 heterocycles. The number of cyclic esters (lactones) is 1. The number of thioether (sulfide) groups is 1. The molecular weight excluding hydrogens is 333 g/mol. The van der Waals surface area contributed by atoms with Crippen molar-refractivity contribution < 1.29 is 18.7 Å². The molecule has 0 aromatic heterocycles. The second-order valence-electron chi connectivity index (χ2n) is 5.79. The highest BCUT2D eigenvalue weighted by atomic mass is 32.2. The van der Waals surface area contributed by atoms with Crippen molar-refractivity contribution in [1.29, 1.82) is 0 Å². The smallest absolute Gasteiger partial charge is 0.414 e. The average molecular weight is 353 g/mol. The molecule has 2 saturated heterocycles. The minimum atomic E-state index is -0.591. The minimum absolute atomic E-state index is 0.195. The second-order valence-corrected chi connectivity index (χ2v) is 7.01. The molecule has 1 N–H and O–H groups in total. The summed E-state index contributed by atoms with van der Waals surface area (Å²) in [5.74, 6) is 1.43. The number of hydrogen-bond acceptors (Lipinski definition) is 5. The zero-order valence-electron chi connectivity index (χ0n) is 13.5. The highest BCUT2D eigenvalue weighted by Crippen LogP contribution is 2.29. The van der Waals surface area contributed by atoms with Crippen LogP contribution in [-0.4, -0.2) is 55.8 Å². The molecule has 0 unspecified atom stereocenters. The summed E-state index contributed by atoms with van der Waals surface area (Å²) in [7, 11) is 0. The molecule has 2 fully saturated rings. The molecule has 2 aliphatic heterocycles. The molecule has 0 spiro atoms. The van der Waals surface area contributed by atoms with Crippen LogP contribution in [-0.2, 0) is 9.53 Å². The summed E-state index contributed by atoms with van der Waals surface area (Å²) in [5.41, 5.74) is 1.04. The fourth-order valence-corrected chi connectivity index (χ4v) is 3.72. The van der Waals surface area contributed by atoms with Gasteiger partial charge in [0.05, 0.1) is 18.8 Å². The number of carbonyl (C=O) groups is 2. The molecule has 2 aliphatic rings. The molecule has 130 valence electrons. The maximum Gasteiger partial charge on any atom is 0.414 e. The van der Waals surface area contributed by atoms with E-state index in [1.165, 1.54) is 17.9 Å². The first-order valence-electron chi connectivity index (χ1n) is 7.89. The number of rotatable bonds is 4. The topological polar surface area (TPSA) is 61.9 Å². The van der Waals surface area contributed by atoms with Crippen molar-refractivity contribution >= 4 is 35.1 Å². The zero-order valence-corrected chi connectivity index (χ0v) is 14.3. The lowest BCUT2D eigenvalue weighted by Crippen LogP contribution is -2.33. The van der Waals surface area contributed by atoms with Crippen LogP contribution in [0.15, 0.2) is 18.2 Å². The quantitative estimate of drug-likeness (QED) is 0.895. The fourth-order valence-electron chi connectivity index (χ4n) is 2.82. The van der Waals surface area contributed by atoms with Crippen molar-refractivity contribution in [2.45, 2.75) is 13.0 Å². The molecule has 8 heteroatoms. The van der Waals surface area contributed by atoms with Gasteiger partial charge in [-0.2, -0.15) is 11.8 Å². The predicted octanol–water partition coefficient (Wildman–Crippen LogP) is 1.84. The Hall–Kier alpha value is -1.96. The van der Waals surface area contributed by atoms with Gasteiger partial charge in [0.15, 0.2) is 0 Å². The summed E-state index contributed by atoms with van der Waals surface area (Å²) in [4.78, 5) is 26.3. The monoisotopic (exact) mass is 353 g/mol. The highest BCUT2D eigenvalue weighted by molar-refractivity contribution is 7.99. The van der Waals surface area contributed by atoms with Crippen LogP contribution in [0.1, 0.15) is 6.92 Å². The van der Waals surface area contributed by atoms with Crippen LogP contribution in [0.4, 0.5) is 20.6 Å². The van der Waals surface area contributed by atoms with Gasteiger partial charge in [-0.25, -0.2) is 9.18 Å². The van der Waals surface area contributed by atoms with Gasteiger partial charge in [-0.05, 0) is 18.2 Å². The number of amides is 2. The zero-order chi connectivity index (χ0) is 17.1. The maximum atomic E-state index is 14.5. The molecule has 0 saturated carbocycles. The van der Waals surface area contributed by atoms with E-state index in [1.54, 1.807) is 6.07 Å². The molecule has 0 bridgehead atoms. The number of carbonyl (C=O) groups excluding carboxylic acids is 2. The highest BCUT2D eigenvalue weighted by Gasteiger charge is 2.34. The second kappa shape index (κ2) is 7.29. The van der Waals surface area contributed by atoms with Crippen LogP contribution in [0.2, 0.25) is 0 Å². The lowest BCUT2D eigenvalue weighted by atomic mass is 10.2. The van der Waals surface area contributed by atoms with Gasteiger partial charge in [0.1, 0.15) is 11.9 Å². The standard InChI is InChI=1S/C16H20FN3O3S/c1-11(21)18-9-13-10-20(16(22)23-13)15-3-2-12(8-14(15)17)19-4-6-24-7-5-19/h2-3,8,13H,4-7,9-10H2,1H3,(H,18,21)/t13-/m0/s1. The van der Waals surface area contributed by atoms with Crippen LogP contribution in [0.25, 0.3) is 0 Å². The van der Waals surface area contributed by atoms with Crippen molar-refractivity contribution in [3.63, 3.8) is 0 Å². The van der Waals surface area contributed by atoms with Crippen molar-refractivity contribution in [2.75, 3.05) is 47.5 Å². The summed E-state index contributed by atoms with van der Waals surface area (Å²) < 4.78 is 19.7. The Morgan fingerprint density at radius 1 is 1.42 bits per heavy atom. The SMILES string of the molecule is CC(=O)NC[C@H]1CN(c2ccc(N3CCSCC3)cc2F)C(=O)O1. The Bertz CT molecular complexity index is 637. The van der Waals surface area contributed by atoms with E-state index in [9.17, 15) is 14.0 Å². The minimum Gasteiger partial charge on any atom is -0.442 e. The number of ether oxygens (including phenoxy) is 1. The van der Waals surface area contributed by atoms with E-state index in [-0.39, 0.29) is 24.7 Å². The Labute approximate surface area is 144 Å². The van der Waals surface area contributed by atoms with Crippen LogP contribution in [0.3, 0.4) is 0 Å². The normalized spacial score (nSPS) is 20.9. The first kappa shape index (κ1) is 16.9. The molecule has 2 amide bonds. The van der Waals surface area contributed by atoms with E-state index in [4.69, 9.17) is 4.74 Å². The van der Waals surface area contributed by atoms with E-state index < -0.39 is 18.0 Å². The molecule has 0 radical (unpaired) electrons. The molecule has 3 rings (SSSR count). The number of nitrogens with one attached hydrogen (secondary N) is 1. The first-order chi connectivity index (χ1) is 11.5. The third-order valence-corrected chi connectivity index (χ3v) is 4.99. The predicted molar refractivity (Wildman–Crippen MR) is 92.2 cm³/mol. The molecule has 24 heavy (non-hydrogen) atoms. The van der Waals surface area contributed by atoms with Crippen molar-refractivity contribution in [2.24, 2.45) is 0 Å². The van der Waals surface area contributed by atoms with Gasteiger partial charge in [-0.1, -0.05) is 0 Å². The van der Waals surface area contributed by atoms with Gasteiger partial charge in [-0.15, -0.1) is 0 Å². The van der Waals surface area contributed by atoms with Crippen LogP contribution >= 0.6 is 11.8 Å². The largest absolute Gasteiger partial charge is 0.442 e. The number of anilines is 2. The Balaban J connectivity index is 1.70. The van der Waals surface area contributed by atoms with Crippen LogP contribution in [0, 0.1) is 5.82 Å². The molecule has 6 nitrogen and oxygen atoms in total. The molecule has 1 aromatic carbocycles. The Kier molecular flexibility index (Phi) is 5.13. The fraction of sp³-hybridized carbons (Fsp3) is 0.500. The third kappa shape index (κ3) is 3.75. The molecular formula is C16H20FN3O3S. The number of benzene rings is 1. The van der Waals surface area contributed by atoms with Crippen LogP contribution in [0.5, 0.6) is 0 Å². The van der Waals surface area contributed by atoms with E-state index >= 15 is 0 Å². The average Bonchev–Trinajstić information content (AvgIpc) is 2.94. The van der Waals surface area contributed by atoms with Crippen LogP contribution < -0.4 is 15.1 Å². The van der Waals surface area contributed by atoms with Gasteiger partial charge in [0.2, 0.25) is 5.91 Å². The molecule has 1 atom stereocenters. The summed E-state index contributed by atoms with van der Waals surface area (Å²) >= 11 is 1.89. The molecule has 0 aliphatic carbocycles. The summed E-state index contributed by atoms with van der Waals surface area (Å²) in [6.45, 7) is 3.63.